The molecule has 0 heterocycles. The first kappa shape index (κ1) is 7.78. The molecule has 1 atom stereocenters. The van der Waals surface area contributed by atoms with Gasteiger partial charge in [0, 0.05) is 7.11 Å². The Kier molecular flexibility index (Phi) is 3.64. The zero-order valence-electron chi connectivity index (χ0n) is 4.47. The van der Waals surface area contributed by atoms with Gasteiger partial charge in [0.15, 0.2) is 0 Å². The maximum absolute atomic E-state index is 11.4. The van der Waals surface area contributed by atoms with Crippen molar-refractivity contribution in [3.63, 3.8) is 0 Å². The molecule has 0 rings (SSSR count). The van der Waals surface area contributed by atoms with Crippen LogP contribution >= 0.6 is 0 Å². The summed E-state index contributed by atoms with van der Waals surface area (Å²) in [4.78, 5) is 0. The minimum Gasteiger partial charge on any atom is -0.393 e. The Labute approximate surface area is 46.1 Å². The highest BCUT2D eigenvalue weighted by Gasteiger charge is 2.17. The van der Waals surface area contributed by atoms with Gasteiger partial charge in [-0.1, -0.05) is 0 Å². The molecule has 0 aromatic heterocycles. The molecular formula is C4H8F2O2. The quantitative estimate of drug-likeness (QED) is 0.587. The third kappa shape index (κ3) is 2.18. The summed E-state index contributed by atoms with van der Waals surface area (Å²) in [5, 5.41) is 8.09. The lowest BCUT2D eigenvalue weighted by atomic mass is 10.4. The van der Waals surface area contributed by atoms with Crippen LogP contribution in [0.15, 0.2) is 0 Å². The van der Waals surface area contributed by atoms with Crippen LogP contribution in [0.25, 0.3) is 0 Å². The van der Waals surface area contributed by atoms with Crippen LogP contribution in [0.1, 0.15) is 0 Å². The van der Waals surface area contributed by atoms with Crippen LogP contribution in [-0.2, 0) is 4.74 Å². The molecule has 1 unspecified atom stereocenters. The second-order valence-electron chi connectivity index (χ2n) is 1.29. The van der Waals surface area contributed by atoms with E-state index in [1.54, 1.807) is 0 Å². The summed E-state index contributed by atoms with van der Waals surface area (Å²) < 4.78 is 27.0. The fourth-order valence-electron chi connectivity index (χ4n) is 0.257. The molecule has 0 aliphatic rings. The second kappa shape index (κ2) is 3.74. The molecule has 0 spiro atoms. The molecule has 0 fully saturated rings. The molecule has 8 heavy (non-hydrogen) atoms. The summed E-state index contributed by atoms with van der Waals surface area (Å²) in [5.74, 6) is 0. The first-order valence-electron chi connectivity index (χ1n) is 2.14. The molecule has 0 radical (unpaired) electrons. The van der Waals surface area contributed by atoms with Crippen LogP contribution in [0.5, 0.6) is 0 Å². The molecule has 0 saturated carbocycles. The summed E-state index contributed by atoms with van der Waals surface area (Å²) in [6.45, 7) is -0.631. The van der Waals surface area contributed by atoms with E-state index in [1.807, 2.05) is 0 Å². The SMILES string of the molecule is COC(CO)C(F)F. The first-order chi connectivity index (χ1) is 3.72. The molecule has 1 N–H and O–H groups in total. The first-order valence-corrected chi connectivity index (χ1v) is 2.14. The second-order valence-corrected chi connectivity index (χ2v) is 1.29. The third-order valence-electron chi connectivity index (χ3n) is 0.764. The number of ether oxygens (including phenoxy) is 1. The van der Waals surface area contributed by atoms with E-state index in [4.69, 9.17) is 5.11 Å². The van der Waals surface area contributed by atoms with Crippen molar-refractivity contribution in [3.8, 4) is 0 Å². The van der Waals surface area contributed by atoms with E-state index in [9.17, 15) is 8.78 Å². The van der Waals surface area contributed by atoms with Crippen molar-refractivity contribution in [2.45, 2.75) is 12.5 Å². The molecule has 0 aromatic rings. The predicted molar refractivity (Wildman–Crippen MR) is 23.9 cm³/mol. The van der Waals surface area contributed by atoms with E-state index >= 15 is 0 Å². The van der Waals surface area contributed by atoms with Crippen LogP contribution in [0.2, 0.25) is 0 Å². The fourth-order valence-corrected chi connectivity index (χ4v) is 0.257. The molecule has 0 aliphatic carbocycles. The standard InChI is InChI=1S/C4H8F2O2/c1-8-3(2-7)4(5)6/h3-4,7H,2H2,1H3. The van der Waals surface area contributed by atoms with Crippen molar-refractivity contribution in [1.29, 1.82) is 0 Å². The van der Waals surface area contributed by atoms with Gasteiger partial charge in [-0.05, 0) is 0 Å². The maximum atomic E-state index is 11.4. The number of hydrogen-bond acceptors (Lipinski definition) is 2. The Hall–Kier alpha value is -0.220. The Balaban J connectivity index is 3.35. The molecule has 0 saturated heterocycles. The number of alkyl halides is 2. The summed E-state index contributed by atoms with van der Waals surface area (Å²) in [6, 6.07) is 0. The van der Waals surface area contributed by atoms with Gasteiger partial charge in [0.2, 0.25) is 0 Å². The number of aliphatic hydroxyl groups excluding tert-OH is 1. The van der Waals surface area contributed by atoms with Gasteiger partial charge in [-0.3, -0.25) is 0 Å². The van der Waals surface area contributed by atoms with E-state index in [1.165, 1.54) is 0 Å². The van der Waals surface area contributed by atoms with E-state index in [0.29, 0.717) is 0 Å². The molecule has 50 valence electrons. The van der Waals surface area contributed by atoms with E-state index in [0.717, 1.165) is 7.11 Å². The lowest BCUT2D eigenvalue weighted by Crippen LogP contribution is -2.24. The van der Waals surface area contributed by atoms with Crippen molar-refractivity contribution >= 4 is 0 Å². The summed E-state index contributed by atoms with van der Waals surface area (Å²) in [6.07, 6.45) is -3.92. The number of hydrogen-bond donors (Lipinski definition) is 1. The van der Waals surface area contributed by atoms with Gasteiger partial charge in [-0.25, -0.2) is 8.78 Å². The number of aliphatic hydroxyl groups is 1. The number of halogens is 2. The van der Waals surface area contributed by atoms with Crippen molar-refractivity contribution in [3.05, 3.63) is 0 Å². The molecule has 0 aromatic carbocycles. The van der Waals surface area contributed by atoms with Crippen molar-refractivity contribution in [2.75, 3.05) is 13.7 Å². The van der Waals surface area contributed by atoms with Crippen LogP contribution < -0.4 is 0 Å². The monoisotopic (exact) mass is 126 g/mol. The average molecular weight is 126 g/mol. The largest absolute Gasteiger partial charge is 0.393 e. The smallest absolute Gasteiger partial charge is 0.266 e. The van der Waals surface area contributed by atoms with Gasteiger partial charge < -0.3 is 9.84 Å². The van der Waals surface area contributed by atoms with Gasteiger partial charge in [0.1, 0.15) is 6.10 Å². The summed E-state index contributed by atoms with van der Waals surface area (Å²) in [5.41, 5.74) is 0. The number of methoxy groups -OCH3 is 1. The Bertz CT molecular complexity index is 54.0. The third-order valence-corrected chi connectivity index (χ3v) is 0.764. The van der Waals surface area contributed by atoms with Gasteiger partial charge in [0.05, 0.1) is 6.61 Å². The van der Waals surface area contributed by atoms with Crippen molar-refractivity contribution < 1.29 is 18.6 Å². The van der Waals surface area contributed by atoms with E-state index in [-0.39, 0.29) is 0 Å². The average Bonchev–Trinajstić information content (AvgIpc) is 1.69. The minimum absolute atomic E-state index is 0.631. The van der Waals surface area contributed by atoms with Crippen molar-refractivity contribution in [2.24, 2.45) is 0 Å². The molecule has 0 aliphatic heterocycles. The highest BCUT2D eigenvalue weighted by Crippen LogP contribution is 2.02. The predicted octanol–water partition coefficient (Wildman–Crippen LogP) is 0.259. The Morgan fingerprint density at radius 3 is 2.12 bits per heavy atom. The molecule has 0 bridgehead atoms. The van der Waals surface area contributed by atoms with Gasteiger partial charge in [-0.2, -0.15) is 0 Å². The van der Waals surface area contributed by atoms with Crippen LogP contribution in [-0.4, -0.2) is 31.4 Å². The number of rotatable bonds is 3. The van der Waals surface area contributed by atoms with Crippen LogP contribution in [0.3, 0.4) is 0 Å². The Morgan fingerprint density at radius 1 is 1.62 bits per heavy atom. The zero-order valence-corrected chi connectivity index (χ0v) is 4.47. The molecular weight excluding hydrogens is 118 g/mol. The van der Waals surface area contributed by atoms with E-state index in [2.05, 4.69) is 4.74 Å². The van der Waals surface area contributed by atoms with Gasteiger partial charge >= 0.3 is 0 Å². The van der Waals surface area contributed by atoms with Gasteiger partial charge in [0.25, 0.3) is 6.43 Å². The summed E-state index contributed by atoms with van der Waals surface area (Å²) in [7, 11) is 1.13. The normalized spacial score (nSPS) is 14.6. The van der Waals surface area contributed by atoms with Gasteiger partial charge in [-0.15, -0.1) is 0 Å². The highest BCUT2D eigenvalue weighted by atomic mass is 19.3. The maximum Gasteiger partial charge on any atom is 0.266 e. The lowest BCUT2D eigenvalue weighted by Gasteiger charge is -2.08. The van der Waals surface area contributed by atoms with E-state index < -0.39 is 19.1 Å². The van der Waals surface area contributed by atoms with Crippen molar-refractivity contribution in [1.82, 2.24) is 0 Å². The topological polar surface area (TPSA) is 29.5 Å². The zero-order chi connectivity index (χ0) is 6.57. The lowest BCUT2D eigenvalue weighted by molar-refractivity contribution is -0.0586. The molecule has 0 amide bonds. The molecule has 4 heteroatoms. The summed E-state index contributed by atoms with van der Waals surface area (Å²) >= 11 is 0. The fraction of sp³-hybridized carbons (Fsp3) is 1.00. The molecule has 2 nitrogen and oxygen atoms in total. The Morgan fingerprint density at radius 2 is 2.12 bits per heavy atom. The van der Waals surface area contributed by atoms with Crippen LogP contribution in [0.4, 0.5) is 8.78 Å². The van der Waals surface area contributed by atoms with Crippen LogP contribution in [0, 0.1) is 0 Å². The highest BCUT2D eigenvalue weighted by molar-refractivity contribution is 4.55. The minimum atomic E-state index is -2.59.